The minimum Gasteiger partial charge on any atom is -0.369 e. The lowest BCUT2D eigenvalue weighted by Crippen LogP contribution is -2.65. The fraction of sp³-hybridized carbons (Fsp3) is 0.350. The molecule has 3 unspecified atom stereocenters. The molecule has 1 aliphatic heterocycles. The number of para-hydroxylation sites is 1. The second-order valence-electron chi connectivity index (χ2n) is 6.92. The highest BCUT2D eigenvalue weighted by Crippen LogP contribution is 2.53. The average molecular weight is 321 g/mol. The molecule has 1 aliphatic carbocycles. The number of primary amides is 1. The zero-order valence-electron chi connectivity index (χ0n) is 13.7. The Bertz CT molecular complexity index is 760. The fourth-order valence-electron chi connectivity index (χ4n) is 4.47. The smallest absolute Gasteiger partial charge is 0.227 e. The molecule has 1 saturated carbocycles. The van der Waals surface area contributed by atoms with Gasteiger partial charge in [-0.25, -0.2) is 0 Å². The first kappa shape index (κ1) is 15.2. The van der Waals surface area contributed by atoms with Gasteiger partial charge in [-0.15, -0.1) is 0 Å². The molecule has 2 aromatic rings. The summed E-state index contributed by atoms with van der Waals surface area (Å²) >= 11 is 0. The highest BCUT2D eigenvalue weighted by Gasteiger charge is 2.58. The van der Waals surface area contributed by atoms with Crippen LogP contribution in [0.25, 0.3) is 0 Å². The maximum Gasteiger partial charge on any atom is 0.227 e. The second kappa shape index (κ2) is 5.64. The molecule has 3 atom stereocenters. The van der Waals surface area contributed by atoms with Gasteiger partial charge >= 0.3 is 0 Å². The van der Waals surface area contributed by atoms with Crippen molar-refractivity contribution in [3.05, 3.63) is 65.7 Å². The van der Waals surface area contributed by atoms with Crippen molar-refractivity contribution in [2.75, 3.05) is 11.4 Å². The van der Waals surface area contributed by atoms with E-state index in [1.54, 1.807) is 0 Å². The Morgan fingerprint density at radius 3 is 2.50 bits per heavy atom. The summed E-state index contributed by atoms with van der Waals surface area (Å²) in [5.41, 5.74) is 15.3. The summed E-state index contributed by atoms with van der Waals surface area (Å²) in [6.45, 7) is 0.931. The minimum absolute atomic E-state index is 0.0776. The molecule has 2 aliphatic rings. The van der Waals surface area contributed by atoms with E-state index in [-0.39, 0.29) is 18.0 Å². The molecule has 0 saturated heterocycles. The summed E-state index contributed by atoms with van der Waals surface area (Å²) in [6, 6.07) is 18.0. The third-order valence-electron chi connectivity index (χ3n) is 5.90. The molecule has 0 aromatic heterocycles. The van der Waals surface area contributed by atoms with Crippen LogP contribution in [0.3, 0.4) is 0 Å². The first-order valence-corrected chi connectivity index (χ1v) is 8.59. The number of nitrogens with zero attached hydrogens (tertiary/aromatic N) is 1. The van der Waals surface area contributed by atoms with Crippen LogP contribution in [0.5, 0.6) is 0 Å². The number of anilines is 1. The van der Waals surface area contributed by atoms with Crippen LogP contribution in [0.4, 0.5) is 5.69 Å². The molecule has 4 nitrogen and oxygen atoms in total. The lowest BCUT2D eigenvalue weighted by Gasteiger charge is -2.54. The topological polar surface area (TPSA) is 72.3 Å². The lowest BCUT2D eigenvalue weighted by molar-refractivity contribution is -0.136. The van der Waals surface area contributed by atoms with Crippen LogP contribution in [0.2, 0.25) is 0 Å². The summed E-state index contributed by atoms with van der Waals surface area (Å²) in [5.74, 6) is -0.278. The van der Waals surface area contributed by atoms with Crippen LogP contribution >= 0.6 is 0 Å². The molecular weight excluding hydrogens is 298 g/mol. The van der Waals surface area contributed by atoms with Crippen molar-refractivity contribution in [1.82, 2.24) is 0 Å². The van der Waals surface area contributed by atoms with Crippen LogP contribution < -0.4 is 16.4 Å². The highest BCUT2D eigenvalue weighted by molar-refractivity contribution is 5.85. The quantitative estimate of drug-likeness (QED) is 0.908. The summed E-state index contributed by atoms with van der Waals surface area (Å²) in [5, 5.41) is 0. The van der Waals surface area contributed by atoms with Gasteiger partial charge in [-0.05, 0) is 36.5 Å². The van der Waals surface area contributed by atoms with Crippen LogP contribution in [-0.4, -0.2) is 18.5 Å². The summed E-state index contributed by atoms with van der Waals surface area (Å²) in [4.78, 5) is 14.9. The van der Waals surface area contributed by atoms with E-state index < -0.39 is 5.41 Å². The zero-order valence-corrected chi connectivity index (χ0v) is 13.7. The Kier molecular flexibility index (Phi) is 3.57. The number of hydrogen-bond donors (Lipinski definition) is 2. The van der Waals surface area contributed by atoms with Crippen molar-refractivity contribution in [1.29, 1.82) is 0 Å². The van der Waals surface area contributed by atoms with E-state index in [1.807, 2.05) is 30.3 Å². The van der Waals surface area contributed by atoms with E-state index in [4.69, 9.17) is 11.5 Å². The van der Waals surface area contributed by atoms with E-state index >= 15 is 0 Å². The van der Waals surface area contributed by atoms with E-state index in [0.717, 1.165) is 31.4 Å². The van der Waals surface area contributed by atoms with E-state index in [9.17, 15) is 4.79 Å². The monoisotopic (exact) mass is 321 g/mol. The molecule has 1 fully saturated rings. The first-order chi connectivity index (χ1) is 11.6. The molecule has 124 valence electrons. The molecule has 0 bridgehead atoms. The molecule has 1 heterocycles. The van der Waals surface area contributed by atoms with Gasteiger partial charge in [-0.2, -0.15) is 0 Å². The van der Waals surface area contributed by atoms with Gasteiger partial charge in [0.1, 0.15) is 0 Å². The van der Waals surface area contributed by atoms with Crippen LogP contribution in [-0.2, 0) is 11.2 Å². The highest BCUT2D eigenvalue weighted by atomic mass is 16.1. The predicted molar refractivity (Wildman–Crippen MR) is 95.5 cm³/mol. The second-order valence-corrected chi connectivity index (χ2v) is 6.92. The number of nitrogens with two attached hydrogens (primary N) is 2. The maximum absolute atomic E-state index is 12.5. The van der Waals surface area contributed by atoms with Gasteiger partial charge in [0.2, 0.25) is 5.91 Å². The maximum atomic E-state index is 12.5. The zero-order chi connectivity index (χ0) is 16.7. The lowest BCUT2D eigenvalue weighted by atomic mass is 9.57. The first-order valence-electron chi connectivity index (χ1n) is 8.59. The fourth-order valence-corrected chi connectivity index (χ4v) is 4.47. The van der Waals surface area contributed by atoms with Crippen molar-refractivity contribution in [2.24, 2.45) is 16.9 Å². The molecule has 0 spiro atoms. The van der Waals surface area contributed by atoms with E-state index in [2.05, 4.69) is 29.2 Å². The Morgan fingerprint density at radius 2 is 1.83 bits per heavy atom. The number of benzene rings is 2. The van der Waals surface area contributed by atoms with Crippen LogP contribution in [0.15, 0.2) is 54.6 Å². The van der Waals surface area contributed by atoms with Gasteiger partial charge in [0.05, 0.1) is 5.41 Å². The normalized spacial score (nSPS) is 26.5. The molecular formula is C20H23N3O. The molecule has 4 heteroatoms. The Hall–Kier alpha value is -2.33. The van der Waals surface area contributed by atoms with Gasteiger partial charge in [0, 0.05) is 24.3 Å². The summed E-state index contributed by atoms with van der Waals surface area (Å²) in [6.07, 6.45) is 2.72. The molecule has 4 rings (SSSR count). The van der Waals surface area contributed by atoms with Crippen molar-refractivity contribution < 1.29 is 4.79 Å². The standard InChI is InChI=1S/C20H23N3O/c21-18(15-7-2-1-3-8-15)20(19(22)24)12-10-17(20)23-13-11-14-6-4-5-9-16(14)23/h1-9,17-18H,10-13,21H2,(H2,22,24). The minimum atomic E-state index is -0.696. The predicted octanol–water partition coefficient (Wildman–Crippen LogP) is 2.38. The summed E-state index contributed by atoms with van der Waals surface area (Å²) < 4.78 is 0. The van der Waals surface area contributed by atoms with Crippen molar-refractivity contribution >= 4 is 11.6 Å². The number of hydrogen-bond acceptors (Lipinski definition) is 3. The van der Waals surface area contributed by atoms with Crippen LogP contribution in [0.1, 0.15) is 30.0 Å². The Morgan fingerprint density at radius 1 is 1.12 bits per heavy atom. The number of carbonyl (C=O) groups is 1. The van der Waals surface area contributed by atoms with Gasteiger partial charge in [0.25, 0.3) is 0 Å². The molecule has 0 radical (unpaired) electrons. The number of carbonyl (C=O) groups excluding carboxylic acids is 1. The molecule has 4 N–H and O–H groups in total. The van der Waals surface area contributed by atoms with Crippen molar-refractivity contribution in [3.63, 3.8) is 0 Å². The third kappa shape index (κ3) is 2.06. The van der Waals surface area contributed by atoms with Gasteiger partial charge in [-0.1, -0.05) is 48.5 Å². The van der Waals surface area contributed by atoms with Gasteiger partial charge in [0.15, 0.2) is 0 Å². The third-order valence-corrected chi connectivity index (χ3v) is 5.90. The average Bonchev–Trinajstić information content (AvgIpc) is 2.98. The molecule has 2 aromatic carbocycles. The van der Waals surface area contributed by atoms with Crippen molar-refractivity contribution in [3.8, 4) is 0 Å². The number of amides is 1. The largest absolute Gasteiger partial charge is 0.369 e. The Balaban J connectivity index is 1.71. The summed E-state index contributed by atoms with van der Waals surface area (Å²) in [7, 11) is 0. The van der Waals surface area contributed by atoms with E-state index in [1.165, 1.54) is 11.3 Å². The SMILES string of the molecule is NC(=O)C1(C(N)c2ccccc2)CCC1N1CCc2ccccc21. The Labute approximate surface area is 142 Å². The molecule has 24 heavy (non-hydrogen) atoms. The van der Waals surface area contributed by atoms with Gasteiger partial charge in [-0.3, -0.25) is 4.79 Å². The van der Waals surface area contributed by atoms with Crippen molar-refractivity contribution in [2.45, 2.75) is 31.3 Å². The number of rotatable bonds is 4. The van der Waals surface area contributed by atoms with E-state index in [0.29, 0.717) is 0 Å². The van der Waals surface area contributed by atoms with Gasteiger partial charge < -0.3 is 16.4 Å². The number of fused-ring (bicyclic) bond motifs is 1. The van der Waals surface area contributed by atoms with Crippen LogP contribution in [0, 0.1) is 5.41 Å². The molecule has 1 amide bonds.